The van der Waals surface area contributed by atoms with E-state index in [-0.39, 0.29) is 18.4 Å². The van der Waals surface area contributed by atoms with Gasteiger partial charge in [-0.15, -0.1) is 5.10 Å². The van der Waals surface area contributed by atoms with Gasteiger partial charge in [0.1, 0.15) is 6.54 Å². The number of nitrogens with zero attached hydrogens (tertiary/aromatic N) is 3. The Hall–Kier alpha value is -1.96. The molecule has 1 aromatic heterocycles. The SMILES string of the molecule is CC(=O)NNC(=O)Cn1cc(CNCC(C)C)nn1. The number of rotatable bonds is 6. The molecule has 0 aromatic carbocycles. The number of nitrogens with one attached hydrogen (secondary N) is 3. The minimum Gasteiger partial charge on any atom is -0.311 e. The van der Waals surface area contributed by atoms with Crippen LogP contribution < -0.4 is 16.2 Å². The van der Waals surface area contributed by atoms with E-state index in [1.807, 2.05) is 0 Å². The standard InChI is InChI=1S/C11H20N6O2/c1-8(2)4-12-5-10-6-17(16-14-10)7-11(19)15-13-9(3)18/h6,8,12H,4-5,7H2,1-3H3,(H,13,18)(H,15,19). The summed E-state index contributed by atoms with van der Waals surface area (Å²) in [5.41, 5.74) is 5.23. The molecule has 3 N–H and O–H groups in total. The van der Waals surface area contributed by atoms with Gasteiger partial charge in [0.15, 0.2) is 0 Å². The molecule has 1 aromatic rings. The number of hydrogen-bond acceptors (Lipinski definition) is 5. The third kappa shape index (κ3) is 6.51. The van der Waals surface area contributed by atoms with E-state index in [0.717, 1.165) is 12.2 Å². The molecule has 8 nitrogen and oxygen atoms in total. The summed E-state index contributed by atoms with van der Waals surface area (Å²) in [6.45, 7) is 7.08. The second-order valence-electron chi connectivity index (χ2n) is 4.66. The number of amides is 2. The number of carbonyl (C=O) groups is 2. The van der Waals surface area contributed by atoms with Crippen LogP contribution in [0.3, 0.4) is 0 Å². The maximum Gasteiger partial charge on any atom is 0.260 e. The quantitative estimate of drug-likeness (QED) is 0.586. The molecule has 0 aliphatic carbocycles. The summed E-state index contributed by atoms with van der Waals surface area (Å²) in [7, 11) is 0. The molecule has 0 radical (unpaired) electrons. The number of aromatic nitrogens is 3. The molecule has 0 atom stereocenters. The molecular formula is C11H20N6O2. The van der Waals surface area contributed by atoms with Crippen LogP contribution in [0.4, 0.5) is 0 Å². The Balaban J connectivity index is 2.33. The van der Waals surface area contributed by atoms with Gasteiger partial charge in [0, 0.05) is 13.5 Å². The van der Waals surface area contributed by atoms with Gasteiger partial charge in [0.25, 0.3) is 5.91 Å². The summed E-state index contributed by atoms with van der Waals surface area (Å²) in [5, 5.41) is 11.0. The van der Waals surface area contributed by atoms with Crippen molar-refractivity contribution in [2.24, 2.45) is 5.92 Å². The van der Waals surface area contributed by atoms with E-state index in [1.165, 1.54) is 11.6 Å². The topological polar surface area (TPSA) is 101 Å². The second-order valence-corrected chi connectivity index (χ2v) is 4.66. The van der Waals surface area contributed by atoms with Crippen molar-refractivity contribution in [3.8, 4) is 0 Å². The molecule has 0 bridgehead atoms. The van der Waals surface area contributed by atoms with Gasteiger partial charge in [-0.25, -0.2) is 4.68 Å². The Morgan fingerprint density at radius 2 is 2.11 bits per heavy atom. The van der Waals surface area contributed by atoms with E-state index in [4.69, 9.17) is 0 Å². The van der Waals surface area contributed by atoms with E-state index in [9.17, 15) is 9.59 Å². The largest absolute Gasteiger partial charge is 0.311 e. The fourth-order valence-electron chi connectivity index (χ4n) is 1.33. The zero-order chi connectivity index (χ0) is 14.3. The predicted molar refractivity (Wildman–Crippen MR) is 68.5 cm³/mol. The molecular weight excluding hydrogens is 248 g/mol. The lowest BCUT2D eigenvalue weighted by atomic mass is 10.2. The molecule has 1 rings (SSSR count). The first kappa shape index (κ1) is 15.1. The van der Waals surface area contributed by atoms with Crippen molar-refractivity contribution in [3.63, 3.8) is 0 Å². The monoisotopic (exact) mass is 268 g/mol. The van der Waals surface area contributed by atoms with Gasteiger partial charge in [-0.1, -0.05) is 19.1 Å². The lowest BCUT2D eigenvalue weighted by molar-refractivity contribution is -0.128. The average Bonchev–Trinajstić information content (AvgIpc) is 2.73. The Bertz CT molecular complexity index is 429. The molecule has 0 spiro atoms. The smallest absolute Gasteiger partial charge is 0.260 e. The van der Waals surface area contributed by atoms with E-state index < -0.39 is 0 Å². The van der Waals surface area contributed by atoms with Gasteiger partial charge in [-0.05, 0) is 12.5 Å². The fraction of sp³-hybridized carbons (Fsp3) is 0.636. The van der Waals surface area contributed by atoms with Crippen LogP contribution in [0.25, 0.3) is 0 Å². The molecule has 1 heterocycles. The van der Waals surface area contributed by atoms with E-state index in [2.05, 4.69) is 40.3 Å². The van der Waals surface area contributed by atoms with Gasteiger partial charge in [-0.2, -0.15) is 0 Å². The molecule has 0 saturated heterocycles. The predicted octanol–water partition coefficient (Wildman–Crippen LogP) is -0.809. The average molecular weight is 268 g/mol. The van der Waals surface area contributed by atoms with Crippen molar-refractivity contribution in [1.82, 2.24) is 31.2 Å². The number of hydrazine groups is 1. The van der Waals surface area contributed by atoms with Crippen LogP contribution in [0, 0.1) is 5.92 Å². The zero-order valence-corrected chi connectivity index (χ0v) is 11.4. The van der Waals surface area contributed by atoms with Crippen LogP contribution in [0.15, 0.2) is 6.20 Å². The second kappa shape index (κ2) is 7.47. The maximum atomic E-state index is 11.4. The molecule has 0 saturated carbocycles. The molecule has 8 heteroatoms. The first-order valence-corrected chi connectivity index (χ1v) is 6.12. The van der Waals surface area contributed by atoms with Crippen molar-refractivity contribution < 1.29 is 9.59 Å². The highest BCUT2D eigenvalue weighted by molar-refractivity contribution is 5.80. The van der Waals surface area contributed by atoms with Gasteiger partial charge < -0.3 is 5.32 Å². The van der Waals surface area contributed by atoms with Gasteiger partial charge in [0.2, 0.25) is 5.91 Å². The van der Waals surface area contributed by atoms with Gasteiger partial charge >= 0.3 is 0 Å². The van der Waals surface area contributed by atoms with Gasteiger partial charge in [-0.3, -0.25) is 20.4 Å². The van der Waals surface area contributed by atoms with Crippen LogP contribution >= 0.6 is 0 Å². The summed E-state index contributed by atoms with van der Waals surface area (Å²) < 4.78 is 1.42. The van der Waals surface area contributed by atoms with Crippen LogP contribution in [0.1, 0.15) is 26.5 Å². The maximum absolute atomic E-state index is 11.4. The molecule has 0 aliphatic rings. The Morgan fingerprint density at radius 1 is 1.37 bits per heavy atom. The fourth-order valence-corrected chi connectivity index (χ4v) is 1.33. The van der Waals surface area contributed by atoms with Crippen LogP contribution in [-0.4, -0.2) is 33.4 Å². The molecule has 0 aliphatic heterocycles. The molecule has 0 fully saturated rings. The Morgan fingerprint density at radius 3 is 2.74 bits per heavy atom. The lowest BCUT2D eigenvalue weighted by Gasteiger charge is -2.05. The lowest BCUT2D eigenvalue weighted by Crippen LogP contribution is -2.42. The van der Waals surface area contributed by atoms with Crippen molar-refractivity contribution in [1.29, 1.82) is 0 Å². The molecule has 2 amide bonds. The Kier molecular flexibility index (Phi) is 5.94. The normalized spacial score (nSPS) is 10.5. The van der Waals surface area contributed by atoms with E-state index in [0.29, 0.717) is 12.5 Å². The summed E-state index contributed by atoms with van der Waals surface area (Å²) in [6, 6.07) is 0. The van der Waals surface area contributed by atoms with Crippen LogP contribution in [-0.2, 0) is 22.7 Å². The first-order chi connectivity index (χ1) is 8.97. The highest BCUT2D eigenvalue weighted by atomic mass is 16.2. The highest BCUT2D eigenvalue weighted by Gasteiger charge is 2.06. The van der Waals surface area contributed by atoms with E-state index in [1.54, 1.807) is 6.20 Å². The van der Waals surface area contributed by atoms with Crippen LogP contribution in [0.5, 0.6) is 0 Å². The number of carbonyl (C=O) groups excluding carboxylic acids is 2. The molecule has 106 valence electrons. The molecule has 19 heavy (non-hydrogen) atoms. The summed E-state index contributed by atoms with van der Waals surface area (Å²) in [5.74, 6) is -0.120. The highest BCUT2D eigenvalue weighted by Crippen LogP contribution is 1.94. The van der Waals surface area contributed by atoms with E-state index >= 15 is 0 Å². The minimum atomic E-state index is -0.359. The third-order valence-corrected chi connectivity index (χ3v) is 2.13. The van der Waals surface area contributed by atoms with Gasteiger partial charge in [0.05, 0.1) is 11.9 Å². The Labute approximate surface area is 111 Å². The summed E-state index contributed by atoms with van der Waals surface area (Å²) in [4.78, 5) is 22.0. The van der Waals surface area contributed by atoms with Crippen molar-refractivity contribution in [2.75, 3.05) is 6.54 Å². The molecule has 0 unspecified atom stereocenters. The van der Waals surface area contributed by atoms with Crippen LogP contribution in [0.2, 0.25) is 0 Å². The van der Waals surface area contributed by atoms with Crippen molar-refractivity contribution in [3.05, 3.63) is 11.9 Å². The van der Waals surface area contributed by atoms with Crippen molar-refractivity contribution in [2.45, 2.75) is 33.9 Å². The summed E-state index contributed by atoms with van der Waals surface area (Å²) in [6.07, 6.45) is 1.70. The number of hydrogen-bond donors (Lipinski definition) is 3. The zero-order valence-electron chi connectivity index (χ0n) is 11.4. The summed E-state index contributed by atoms with van der Waals surface area (Å²) >= 11 is 0. The van der Waals surface area contributed by atoms with Crippen molar-refractivity contribution >= 4 is 11.8 Å². The third-order valence-electron chi connectivity index (χ3n) is 2.13. The first-order valence-electron chi connectivity index (χ1n) is 6.12. The minimum absolute atomic E-state index is 0.0114.